The minimum atomic E-state index is -0.929. The molecule has 5 heteroatoms. The molecule has 1 N–H and O–H groups in total. The fourth-order valence-electron chi connectivity index (χ4n) is 1.73. The molecular weight excluding hydrogens is 214 g/mol. The predicted molar refractivity (Wildman–Crippen MR) is 56.6 cm³/mol. The zero-order valence-electron chi connectivity index (χ0n) is 8.52. The van der Waals surface area contributed by atoms with Crippen molar-refractivity contribution < 1.29 is 14.6 Å². The molecule has 0 bridgehead atoms. The molecule has 0 saturated carbocycles. The van der Waals surface area contributed by atoms with Crippen molar-refractivity contribution in [3.63, 3.8) is 0 Å². The molecule has 1 aromatic heterocycles. The molecular formula is C10H13NO3S. The molecule has 2 heterocycles. The smallest absolute Gasteiger partial charge is 0.355 e. The van der Waals surface area contributed by atoms with Crippen molar-refractivity contribution >= 4 is 17.3 Å². The molecule has 0 amide bonds. The van der Waals surface area contributed by atoms with Crippen LogP contribution >= 0.6 is 11.3 Å². The first-order valence-corrected chi connectivity index (χ1v) is 5.78. The predicted octanol–water partition coefficient (Wildman–Crippen LogP) is 2.04. The van der Waals surface area contributed by atoms with Gasteiger partial charge in [-0.05, 0) is 19.8 Å². The minimum Gasteiger partial charge on any atom is -0.476 e. The fourth-order valence-corrected chi connectivity index (χ4v) is 2.82. The van der Waals surface area contributed by atoms with Crippen LogP contribution in [-0.4, -0.2) is 29.3 Å². The van der Waals surface area contributed by atoms with Crippen LogP contribution in [0.15, 0.2) is 0 Å². The summed E-state index contributed by atoms with van der Waals surface area (Å²) in [5, 5.41) is 9.85. The summed E-state index contributed by atoms with van der Waals surface area (Å²) >= 11 is 1.50. The second kappa shape index (κ2) is 4.28. The maximum absolute atomic E-state index is 10.8. The van der Waals surface area contributed by atoms with Crippen LogP contribution in [0.3, 0.4) is 0 Å². The number of carboxylic acids is 1. The van der Waals surface area contributed by atoms with Crippen molar-refractivity contribution in [1.29, 1.82) is 0 Å². The summed E-state index contributed by atoms with van der Waals surface area (Å²) in [5.41, 5.74) is 0.210. The molecule has 0 aliphatic carbocycles. The molecule has 2 rings (SSSR count). The highest BCUT2D eigenvalue weighted by molar-refractivity contribution is 7.12. The van der Waals surface area contributed by atoms with Gasteiger partial charge in [-0.3, -0.25) is 0 Å². The van der Waals surface area contributed by atoms with E-state index in [-0.39, 0.29) is 5.69 Å². The Morgan fingerprint density at radius 1 is 1.53 bits per heavy atom. The number of thiazole rings is 1. The van der Waals surface area contributed by atoms with Crippen molar-refractivity contribution in [1.82, 2.24) is 4.98 Å². The van der Waals surface area contributed by atoms with Crippen LogP contribution in [0.2, 0.25) is 0 Å². The largest absolute Gasteiger partial charge is 0.476 e. The van der Waals surface area contributed by atoms with Gasteiger partial charge in [-0.15, -0.1) is 11.3 Å². The quantitative estimate of drug-likeness (QED) is 0.840. The molecule has 82 valence electrons. The average molecular weight is 227 g/mol. The molecule has 1 aliphatic heterocycles. The van der Waals surface area contributed by atoms with Crippen molar-refractivity contribution in [3.05, 3.63) is 15.6 Å². The lowest BCUT2D eigenvalue weighted by Crippen LogP contribution is -2.14. The maximum atomic E-state index is 10.8. The Bertz CT molecular complexity index is 369. The van der Waals surface area contributed by atoms with Crippen LogP contribution in [0.25, 0.3) is 0 Å². The van der Waals surface area contributed by atoms with Crippen LogP contribution < -0.4 is 0 Å². The van der Waals surface area contributed by atoms with E-state index in [1.54, 1.807) is 0 Å². The van der Waals surface area contributed by atoms with Crippen LogP contribution in [0.4, 0.5) is 0 Å². The number of carboxylic acid groups (broad SMARTS) is 1. The Balaban J connectivity index is 2.21. The molecule has 1 saturated heterocycles. The first-order valence-electron chi connectivity index (χ1n) is 4.97. The minimum absolute atomic E-state index is 0.210. The molecule has 0 spiro atoms. The maximum Gasteiger partial charge on any atom is 0.355 e. The summed E-state index contributed by atoms with van der Waals surface area (Å²) in [6.45, 7) is 3.32. The normalized spacial score (nSPS) is 17.9. The van der Waals surface area contributed by atoms with Gasteiger partial charge in [0, 0.05) is 24.0 Å². The van der Waals surface area contributed by atoms with Gasteiger partial charge in [-0.2, -0.15) is 0 Å². The van der Waals surface area contributed by atoms with Crippen LogP contribution in [0.1, 0.15) is 39.1 Å². The van der Waals surface area contributed by atoms with Crippen LogP contribution in [0, 0.1) is 6.92 Å². The van der Waals surface area contributed by atoms with Gasteiger partial charge >= 0.3 is 5.97 Å². The first kappa shape index (κ1) is 10.6. The third-order valence-electron chi connectivity index (χ3n) is 2.59. The number of ether oxygens (including phenoxy) is 1. The molecule has 0 unspecified atom stereocenters. The lowest BCUT2D eigenvalue weighted by molar-refractivity contribution is 0.0689. The van der Waals surface area contributed by atoms with E-state index in [9.17, 15) is 4.79 Å². The fraction of sp³-hybridized carbons (Fsp3) is 0.600. The standard InChI is InChI=1S/C10H13NO3S/c1-6-8(10(12)13)11-9(15-6)7-2-4-14-5-3-7/h7H,2-5H2,1H3,(H,12,13). The van der Waals surface area contributed by atoms with Gasteiger partial charge in [-0.25, -0.2) is 9.78 Å². The summed E-state index contributed by atoms with van der Waals surface area (Å²) < 4.78 is 5.27. The van der Waals surface area contributed by atoms with E-state index in [0.29, 0.717) is 5.92 Å². The van der Waals surface area contributed by atoms with E-state index < -0.39 is 5.97 Å². The van der Waals surface area contributed by atoms with Gasteiger partial charge in [0.1, 0.15) is 0 Å². The highest BCUT2D eigenvalue weighted by Crippen LogP contribution is 2.31. The van der Waals surface area contributed by atoms with Crippen molar-refractivity contribution in [2.24, 2.45) is 0 Å². The number of aryl methyl sites for hydroxylation is 1. The molecule has 1 aromatic rings. The zero-order chi connectivity index (χ0) is 10.8. The number of carbonyl (C=O) groups is 1. The molecule has 0 radical (unpaired) electrons. The number of aromatic carboxylic acids is 1. The Morgan fingerprint density at radius 2 is 2.20 bits per heavy atom. The second-order valence-electron chi connectivity index (χ2n) is 3.65. The molecule has 1 fully saturated rings. The Kier molecular flexibility index (Phi) is 3.02. The zero-order valence-corrected chi connectivity index (χ0v) is 9.34. The van der Waals surface area contributed by atoms with Crippen molar-refractivity contribution in [2.45, 2.75) is 25.7 Å². The van der Waals surface area contributed by atoms with E-state index in [0.717, 1.165) is 35.9 Å². The van der Waals surface area contributed by atoms with Gasteiger partial charge in [0.15, 0.2) is 5.69 Å². The van der Waals surface area contributed by atoms with Gasteiger partial charge in [0.2, 0.25) is 0 Å². The summed E-state index contributed by atoms with van der Waals surface area (Å²) in [6.07, 6.45) is 1.90. The Morgan fingerprint density at radius 3 is 2.73 bits per heavy atom. The van der Waals surface area contributed by atoms with Gasteiger partial charge < -0.3 is 9.84 Å². The average Bonchev–Trinajstić information content (AvgIpc) is 2.62. The number of aromatic nitrogens is 1. The monoisotopic (exact) mass is 227 g/mol. The molecule has 0 atom stereocenters. The number of rotatable bonds is 2. The van der Waals surface area contributed by atoms with E-state index in [1.807, 2.05) is 6.92 Å². The van der Waals surface area contributed by atoms with Gasteiger partial charge in [0.25, 0.3) is 0 Å². The molecule has 1 aliphatic rings. The summed E-state index contributed by atoms with van der Waals surface area (Å²) in [5.74, 6) is -0.544. The molecule has 4 nitrogen and oxygen atoms in total. The number of hydrogen-bond donors (Lipinski definition) is 1. The van der Waals surface area contributed by atoms with E-state index in [1.165, 1.54) is 11.3 Å². The lowest BCUT2D eigenvalue weighted by Gasteiger charge is -2.19. The first-order chi connectivity index (χ1) is 7.18. The van der Waals surface area contributed by atoms with Crippen molar-refractivity contribution in [3.8, 4) is 0 Å². The third-order valence-corrected chi connectivity index (χ3v) is 3.72. The summed E-state index contributed by atoms with van der Waals surface area (Å²) in [6, 6.07) is 0. The van der Waals surface area contributed by atoms with Gasteiger partial charge in [-0.1, -0.05) is 0 Å². The van der Waals surface area contributed by atoms with E-state index in [4.69, 9.17) is 9.84 Å². The third kappa shape index (κ3) is 2.18. The van der Waals surface area contributed by atoms with Crippen molar-refractivity contribution in [2.75, 3.05) is 13.2 Å². The summed E-state index contributed by atoms with van der Waals surface area (Å²) in [4.78, 5) is 15.8. The van der Waals surface area contributed by atoms with E-state index in [2.05, 4.69) is 4.98 Å². The Hall–Kier alpha value is -0.940. The van der Waals surface area contributed by atoms with E-state index >= 15 is 0 Å². The highest BCUT2D eigenvalue weighted by atomic mass is 32.1. The van der Waals surface area contributed by atoms with Crippen LogP contribution in [-0.2, 0) is 4.74 Å². The second-order valence-corrected chi connectivity index (χ2v) is 4.88. The SMILES string of the molecule is Cc1sc(C2CCOCC2)nc1C(=O)O. The highest BCUT2D eigenvalue weighted by Gasteiger charge is 2.22. The number of hydrogen-bond acceptors (Lipinski definition) is 4. The number of nitrogens with zero attached hydrogens (tertiary/aromatic N) is 1. The lowest BCUT2D eigenvalue weighted by atomic mass is 10.0. The topological polar surface area (TPSA) is 59.4 Å². The summed E-state index contributed by atoms with van der Waals surface area (Å²) in [7, 11) is 0. The molecule has 15 heavy (non-hydrogen) atoms. The molecule has 0 aromatic carbocycles. The van der Waals surface area contributed by atoms with Crippen LogP contribution in [0.5, 0.6) is 0 Å². The van der Waals surface area contributed by atoms with Gasteiger partial charge in [0.05, 0.1) is 5.01 Å². The Labute approximate surface area is 91.9 Å².